The van der Waals surface area contributed by atoms with Gasteiger partial charge in [0.2, 0.25) is 10.0 Å². The van der Waals surface area contributed by atoms with Crippen LogP contribution in [-0.2, 0) is 26.0 Å². The van der Waals surface area contributed by atoms with Crippen LogP contribution in [0, 0.1) is 12.8 Å². The number of carbonyl (C=O) groups is 1. The number of sulfonamides is 1. The third-order valence-electron chi connectivity index (χ3n) is 5.60. The van der Waals surface area contributed by atoms with Gasteiger partial charge in [-0.3, -0.25) is 4.79 Å². The van der Waals surface area contributed by atoms with E-state index >= 15 is 0 Å². The number of aliphatic hydroxyl groups is 1. The summed E-state index contributed by atoms with van der Waals surface area (Å²) in [5, 5.41) is 10.1. The van der Waals surface area contributed by atoms with E-state index in [1.165, 1.54) is 0 Å². The highest BCUT2D eigenvalue weighted by atomic mass is 32.2. The average Bonchev–Trinajstić information content (AvgIpc) is 3.04. The minimum atomic E-state index is -3.81. The highest BCUT2D eigenvalue weighted by Crippen LogP contribution is 2.35. The lowest BCUT2D eigenvalue weighted by Gasteiger charge is -2.25. The Morgan fingerprint density at radius 1 is 1.20 bits per heavy atom. The van der Waals surface area contributed by atoms with Crippen molar-refractivity contribution >= 4 is 16.0 Å². The van der Waals surface area contributed by atoms with Gasteiger partial charge in [0.25, 0.3) is 0 Å². The Labute approximate surface area is 178 Å². The number of benzene rings is 2. The summed E-state index contributed by atoms with van der Waals surface area (Å²) in [6, 6.07) is 13.4. The summed E-state index contributed by atoms with van der Waals surface area (Å²) in [7, 11) is -3.81. The Morgan fingerprint density at radius 3 is 2.53 bits per heavy atom. The molecule has 0 saturated heterocycles. The number of hydrogen-bond donors (Lipinski definition) is 2. The Balaban J connectivity index is 1.83. The molecule has 0 aliphatic heterocycles. The van der Waals surface area contributed by atoms with Crippen LogP contribution in [0.5, 0.6) is 0 Å². The first-order valence-corrected chi connectivity index (χ1v) is 11.8. The molecule has 2 aromatic carbocycles. The Hall–Kier alpha value is -2.22. The third-order valence-corrected chi connectivity index (χ3v) is 7.05. The summed E-state index contributed by atoms with van der Waals surface area (Å²) in [6.07, 6.45) is 0.219. The molecular weight excluding hydrogens is 402 g/mol. The van der Waals surface area contributed by atoms with E-state index in [9.17, 15) is 18.3 Å². The van der Waals surface area contributed by atoms with E-state index in [0.29, 0.717) is 12.8 Å². The first-order valence-electron chi connectivity index (χ1n) is 10.3. The van der Waals surface area contributed by atoms with E-state index in [2.05, 4.69) is 4.72 Å². The number of carbonyl (C=O) groups excluding carboxylic acids is 1. The molecule has 1 aliphatic carbocycles. The van der Waals surface area contributed by atoms with Crippen LogP contribution < -0.4 is 4.72 Å². The van der Waals surface area contributed by atoms with E-state index in [0.717, 1.165) is 23.1 Å². The zero-order chi connectivity index (χ0) is 21.9. The molecule has 30 heavy (non-hydrogen) atoms. The topological polar surface area (TPSA) is 92.7 Å². The van der Waals surface area contributed by atoms with Gasteiger partial charge in [-0.1, -0.05) is 55.3 Å². The van der Waals surface area contributed by atoms with Gasteiger partial charge >= 0.3 is 5.97 Å². The van der Waals surface area contributed by atoms with Gasteiger partial charge < -0.3 is 9.84 Å². The molecule has 2 aromatic rings. The smallest absolute Gasteiger partial charge is 0.311 e. The molecule has 0 radical (unpaired) electrons. The van der Waals surface area contributed by atoms with Gasteiger partial charge in [-0.15, -0.1) is 0 Å². The predicted molar refractivity (Wildman–Crippen MR) is 114 cm³/mol. The number of aryl methyl sites for hydroxylation is 1. The number of aliphatic hydroxyl groups excluding tert-OH is 1. The SMILES string of the molecule is CCC[C@@H](O)[C@@H](C)C(=O)O[C@H]1Cc2ccccc2[C@H]1NS(=O)(=O)c1ccc(C)cc1. The molecule has 0 bridgehead atoms. The standard InChI is InChI=1S/C23H29NO5S/c1-4-7-20(25)16(3)23(26)29-21-14-17-8-5-6-9-19(17)22(21)24-30(27,28)18-12-10-15(2)11-13-18/h5-6,8-13,16,20-22,24-25H,4,7,14H2,1-3H3/t16-,20-,21+,22-/m1/s1. The lowest BCUT2D eigenvalue weighted by atomic mass is 10.0. The van der Waals surface area contributed by atoms with Crippen LogP contribution in [0.2, 0.25) is 0 Å². The number of hydrogen-bond acceptors (Lipinski definition) is 5. The lowest BCUT2D eigenvalue weighted by molar-refractivity contribution is -0.158. The molecule has 162 valence electrons. The normalized spacial score (nSPS) is 20.4. The van der Waals surface area contributed by atoms with E-state index < -0.39 is 40.2 Å². The van der Waals surface area contributed by atoms with Crippen molar-refractivity contribution in [1.82, 2.24) is 4.72 Å². The highest BCUT2D eigenvalue weighted by Gasteiger charge is 2.39. The molecule has 0 spiro atoms. The first-order chi connectivity index (χ1) is 14.2. The van der Waals surface area contributed by atoms with Crippen molar-refractivity contribution in [3.8, 4) is 0 Å². The van der Waals surface area contributed by atoms with Crippen molar-refractivity contribution in [2.24, 2.45) is 5.92 Å². The molecule has 7 heteroatoms. The average molecular weight is 432 g/mol. The molecule has 0 saturated carbocycles. The molecular formula is C23H29NO5S. The van der Waals surface area contributed by atoms with E-state index in [-0.39, 0.29) is 4.90 Å². The molecule has 1 aliphatic rings. The summed E-state index contributed by atoms with van der Waals surface area (Å²) < 4.78 is 34.4. The maximum atomic E-state index is 13.0. The van der Waals surface area contributed by atoms with Crippen LogP contribution in [0.4, 0.5) is 0 Å². The molecule has 0 unspecified atom stereocenters. The molecule has 0 amide bonds. The second-order valence-electron chi connectivity index (χ2n) is 7.93. The summed E-state index contributed by atoms with van der Waals surface area (Å²) >= 11 is 0. The Kier molecular flexibility index (Phi) is 6.95. The number of fused-ring (bicyclic) bond motifs is 1. The molecule has 4 atom stereocenters. The summed E-state index contributed by atoms with van der Waals surface area (Å²) in [4.78, 5) is 12.8. The maximum Gasteiger partial charge on any atom is 0.311 e. The van der Waals surface area contributed by atoms with Crippen LogP contribution in [0.25, 0.3) is 0 Å². The fraction of sp³-hybridized carbons (Fsp3) is 0.435. The largest absolute Gasteiger partial charge is 0.460 e. The molecule has 0 heterocycles. The van der Waals surface area contributed by atoms with Crippen LogP contribution in [0.3, 0.4) is 0 Å². The molecule has 0 fully saturated rings. The van der Waals surface area contributed by atoms with Gasteiger partial charge in [-0.25, -0.2) is 8.42 Å². The summed E-state index contributed by atoms with van der Waals surface area (Å²) in [5.74, 6) is -1.20. The minimum Gasteiger partial charge on any atom is -0.460 e. The molecule has 2 N–H and O–H groups in total. The van der Waals surface area contributed by atoms with E-state index in [4.69, 9.17) is 4.74 Å². The van der Waals surface area contributed by atoms with Crippen LogP contribution >= 0.6 is 0 Å². The number of ether oxygens (including phenoxy) is 1. The van der Waals surface area contributed by atoms with Gasteiger partial charge in [0, 0.05) is 6.42 Å². The lowest BCUT2D eigenvalue weighted by Crippen LogP contribution is -2.38. The zero-order valence-electron chi connectivity index (χ0n) is 17.5. The van der Waals surface area contributed by atoms with Crippen LogP contribution in [0.15, 0.2) is 53.4 Å². The molecule has 6 nitrogen and oxygen atoms in total. The maximum absolute atomic E-state index is 13.0. The Bertz CT molecular complexity index is 987. The second kappa shape index (κ2) is 9.29. The van der Waals surface area contributed by atoms with Crippen molar-refractivity contribution in [1.29, 1.82) is 0 Å². The van der Waals surface area contributed by atoms with E-state index in [1.54, 1.807) is 31.2 Å². The van der Waals surface area contributed by atoms with Gasteiger partial charge in [-0.2, -0.15) is 4.72 Å². The quantitative estimate of drug-likeness (QED) is 0.626. The van der Waals surface area contributed by atoms with Crippen molar-refractivity contribution in [2.75, 3.05) is 0 Å². The monoisotopic (exact) mass is 431 g/mol. The van der Waals surface area contributed by atoms with Crippen molar-refractivity contribution < 1.29 is 23.1 Å². The molecule has 3 rings (SSSR count). The van der Waals surface area contributed by atoms with Crippen molar-refractivity contribution in [2.45, 2.75) is 63.2 Å². The molecule has 0 aromatic heterocycles. The summed E-state index contributed by atoms with van der Waals surface area (Å²) in [6.45, 7) is 5.46. The summed E-state index contributed by atoms with van der Waals surface area (Å²) in [5.41, 5.74) is 2.70. The highest BCUT2D eigenvalue weighted by molar-refractivity contribution is 7.89. The van der Waals surface area contributed by atoms with Gasteiger partial charge in [0.1, 0.15) is 6.10 Å². The van der Waals surface area contributed by atoms with Crippen molar-refractivity contribution in [3.05, 3.63) is 65.2 Å². The fourth-order valence-electron chi connectivity index (χ4n) is 3.72. The van der Waals surface area contributed by atoms with Gasteiger partial charge in [0.15, 0.2) is 0 Å². The van der Waals surface area contributed by atoms with Crippen LogP contribution in [-0.4, -0.2) is 31.7 Å². The number of esters is 1. The third kappa shape index (κ3) is 4.91. The minimum absolute atomic E-state index is 0.161. The van der Waals surface area contributed by atoms with Gasteiger partial charge in [0.05, 0.1) is 23.0 Å². The first kappa shape index (κ1) is 22.5. The zero-order valence-corrected chi connectivity index (χ0v) is 18.4. The Morgan fingerprint density at radius 2 is 1.87 bits per heavy atom. The second-order valence-corrected chi connectivity index (χ2v) is 9.65. The number of nitrogens with one attached hydrogen (secondary N) is 1. The predicted octanol–water partition coefficient (Wildman–Crippen LogP) is 3.28. The van der Waals surface area contributed by atoms with Crippen LogP contribution in [0.1, 0.15) is 49.4 Å². The van der Waals surface area contributed by atoms with Gasteiger partial charge in [-0.05, 0) is 43.5 Å². The fourth-order valence-corrected chi connectivity index (χ4v) is 4.96. The number of rotatable bonds is 8. The van der Waals surface area contributed by atoms with Crippen molar-refractivity contribution in [3.63, 3.8) is 0 Å². The van der Waals surface area contributed by atoms with E-state index in [1.807, 2.05) is 38.1 Å².